The lowest BCUT2D eigenvalue weighted by Crippen LogP contribution is -2.38. The molecule has 2 rings (SSSR count). The van der Waals surface area contributed by atoms with E-state index in [-0.39, 0.29) is 11.9 Å². The van der Waals surface area contributed by atoms with Gasteiger partial charge in [-0.15, -0.1) is 0 Å². The molecule has 1 saturated heterocycles. The topological polar surface area (TPSA) is 12.0 Å². The Kier molecular flexibility index (Phi) is 3.69. The van der Waals surface area contributed by atoms with Gasteiger partial charge in [0.1, 0.15) is 5.82 Å². The van der Waals surface area contributed by atoms with Gasteiger partial charge < -0.3 is 5.32 Å². The lowest BCUT2D eigenvalue weighted by molar-refractivity contribution is 0.480. The maximum atomic E-state index is 13.7. The zero-order chi connectivity index (χ0) is 10.8. The third kappa shape index (κ3) is 2.74. The van der Waals surface area contributed by atoms with Crippen LogP contribution in [0.1, 0.15) is 18.5 Å². The summed E-state index contributed by atoms with van der Waals surface area (Å²) in [6.45, 7) is 2.13. The van der Waals surface area contributed by atoms with E-state index in [4.69, 9.17) is 0 Å². The molecule has 82 valence electrons. The van der Waals surface area contributed by atoms with E-state index in [1.165, 1.54) is 6.07 Å². The van der Waals surface area contributed by atoms with E-state index in [9.17, 15) is 4.39 Å². The van der Waals surface area contributed by atoms with E-state index in [2.05, 4.69) is 28.2 Å². The van der Waals surface area contributed by atoms with Crippen LogP contribution in [0.15, 0.2) is 22.7 Å². The molecule has 1 nitrogen and oxygen atoms in total. The summed E-state index contributed by atoms with van der Waals surface area (Å²) >= 11 is 5.14. The molecule has 2 atom stereocenters. The Morgan fingerprint density at radius 3 is 2.93 bits per heavy atom. The van der Waals surface area contributed by atoms with Crippen molar-refractivity contribution in [3.63, 3.8) is 0 Å². The highest BCUT2D eigenvalue weighted by molar-refractivity contribution is 9.10. The Balaban J connectivity index is 2.21. The summed E-state index contributed by atoms with van der Waals surface area (Å²) in [5, 5.41) is 3.42. The number of hydrogen-bond acceptors (Lipinski definition) is 2. The van der Waals surface area contributed by atoms with Crippen LogP contribution in [0.5, 0.6) is 0 Å². The number of rotatable bonds is 1. The summed E-state index contributed by atoms with van der Waals surface area (Å²) in [7, 11) is 0. The van der Waals surface area contributed by atoms with Crippen LogP contribution in [0.3, 0.4) is 0 Å². The lowest BCUT2D eigenvalue weighted by Gasteiger charge is -2.29. The zero-order valence-corrected chi connectivity index (χ0v) is 10.9. The lowest BCUT2D eigenvalue weighted by atomic mass is 10.1. The first-order valence-electron chi connectivity index (χ1n) is 4.95. The van der Waals surface area contributed by atoms with Crippen molar-refractivity contribution in [1.82, 2.24) is 5.32 Å². The smallest absolute Gasteiger partial charge is 0.129 e. The number of thioether (sulfide) groups is 1. The van der Waals surface area contributed by atoms with E-state index in [0.717, 1.165) is 21.5 Å². The highest BCUT2D eigenvalue weighted by Crippen LogP contribution is 2.27. The first-order chi connectivity index (χ1) is 7.16. The summed E-state index contributed by atoms with van der Waals surface area (Å²) in [6.07, 6.45) is 0. The molecule has 0 spiro atoms. The molecule has 0 aliphatic carbocycles. The minimum atomic E-state index is -0.128. The fraction of sp³-hybridized carbons (Fsp3) is 0.455. The van der Waals surface area contributed by atoms with Crippen LogP contribution in [0, 0.1) is 5.82 Å². The van der Waals surface area contributed by atoms with Gasteiger partial charge in [0.2, 0.25) is 0 Å². The Morgan fingerprint density at radius 1 is 1.47 bits per heavy atom. The molecule has 2 unspecified atom stereocenters. The van der Waals surface area contributed by atoms with Crippen molar-refractivity contribution < 1.29 is 4.39 Å². The van der Waals surface area contributed by atoms with Crippen LogP contribution in [-0.4, -0.2) is 17.5 Å². The van der Waals surface area contributed by atoms with Gasteiger partial charge in [-0.1, -0.05) is 22.0 Å². The predicted molar refractivity (Wildman–Crippen MR) is 66.8 cm³/mol. The summed E-state index contributed by atoms with van der Waals surface area (Å²) < 4.78 is 14.5. The highest BCUT2D eigenvalue weighted by atomic mass is 79.9. The largest absolute Gasteiger partial charge is 0.306 e. The Labute approximate surface area is 102 Å². The molecule has 0 radical (unpaired) electrons. The van der Waals surface area contributed by atoms with E-state index in [1.807, 2.05) is 23.9 Å². The zero-order valence-electron chi connectivity index (χ0n) is 8.47. The molecule has 1 aromatic rings. The van der Waals surface area contributed by atoms with Crippen LogP contribution >= 0.6 is 27.7 Å². The normalized spacial score (nSPS) is 26.6. The maximum Gasteiger partial charge on any atom is 0.129 e. The second kappa shape index (κ2) is 4.85. The second-order valence-corrected chi connectivity index (χ2v) is 5.81. The van der Waals surface area contributed by atoms with Crippen LogP contribution in [0.25, 0.3) is 0 Å². The molecule has 1 aliphatic heterocycles. The molecular formula is C11H13BrFNS. The number of nitrogens with one attached hydrogen (secondary N) is 1. The van der Waals surface area contributed by atoms with Crippen molar-refractivity contribution in [2.45, 2.75) is 19.0 Å². The van der Waals surface area contributed by atoms with Crippen molar-refractivity contribution in [1.29, 1.82) is 0 Å². The molecular weight excluding hydrogens is 277 g/mol. The van der Waals surface area contributed by atoms with E-state index in [1.54, 1.807) is 0 Å². The molecule has 1 heterocycles. The third-order valence-electron chi connectivity index (χ3n) is 2.48. The molecule has 0 saturated carbocycles. The van der Waals surface area contributed by atoms with Crippen molar-refractivity contribution in [3.05, 3.63) is 34.1 Å². The van der Waals surface area contributed by atoms with Crippen molar-refractivity contribution in [2.24, 2.45) is 0 Å². The predicted octanol–water partition coefficient (Wildman–Crippen LogP) is 3.35. The second-order valence-electron chi connectivity index (χ2n) is 3.82. The van der Waals surface area contributed by atoms with Gasteiger partial charge in [0, 0.05) is 33.6 Å². The van der Waals surface area contributed by atoms with Crippen molar-refractivity contribution >= 4 is 27.7 Å². The summed E-state index contributed by atoms with van der Waals surface area (Å²) in [5.41, 5.74) is 0.775. The number of hydrogen-bond donors (Lipinski definition) is 1. The van der Waals surface area contributed by atoms with Crippen LogP contribution in [-0.2, 0) is 0 Å². The van der Waals surface area contributed by atoms with Gasteiger partial charge in [-0.25, -0.2) is 4.39 Å². The molecule has 1 aromatic carbocycles. The van der Waals surface area contributed by atoms with Gasteiger partial charge in [-0.05, 0) is 19.1 Å². The summed E-state index contributed by atoms with van der Waals surface area (Å²) in [6, 6.07) is 5.88. The quantitative estimate of drug-likeness (QED) is 0.851. The summed E-state index contributed by atoms with van der Waals surface area (Å²) in [5.74, 6) is 1.92. The molecule has 0 aromatic heterocycles. The minimum Gasteiger partial charge on any atom is -0.306 e. The highest BCUT2D eigenvalue weighted by Gasteiger charge is 2.22. The average Bonchev–Trinajstić information content (AvgIpc) is 2.17. The SMILES string of the molecule is CC1CSCC(c2ccc(Br)cc2F)N1. The summed E-state index contributed by atoms with van der Waals surface area (Å²) in [4.78, 5) is 0. The minimum absolute atomic E-state index is 0.128. The standard InChI is InChI=1S/C11H13BrFNS/c1-7-5-15-6-11(14-7)9-3-2-8(12)4-10(9)13/h2-4,7,11,14H,5-6H2,1H3. The van der Waals surface area contributed by atoms with Gasteiger partial charge in [0.25, 0.3) is 0 Å². The van der Waals surface area contributed by atoms with E-state index >= 15 is 0 Å². The number of halogens is 2. The molecule has 15 heavy (non-hydrogen) atoms. The molecule has 0 bridgehead atoms. The molecule has 1 fully saturated rings. The fourth-order valence-corrected chi connectivity index (χ4v) is 3.20. The van der Waals surface area contributed by atoms with E-state index < -0.39 is 0 Å². The van der Waals surface area contributed by atoms with Crippen molar-refractivity contribution in [3.8, 4) is 0 Å². The van der Waals surface area contributed by atoms with Gasteiger partial charge in [0.15, 0.2) is 0 Å². The Hall–Kier alpha value is -0.0600. The number of benzene rings is 1. The Bertz CT molecular complexity index is 358. The van der Waals surface area contributed by atoms with E-state index in [0.29, 0.717) is 6.04 Å². The molecule has 0 amide bonds. The Morgan fingerprint density at radius 2 is 2.27 bits per heavy atom. The van der Waals surface area contributed by atoms with Gasteiger partial charge in [-0.3, -0.25) is 0 Å². The van der Waals surface area contributed by atoms with Crippen molar-refractivity contribution in [2.75, 3.05) is 11.5 Å². The monoisotopic (exact) mass is 289 g/mol. The molecule has 1 N–H and O–H groups in total. The third-order valence-corrected chi connectivity index (χ3v) is 4.27. The molecule has 1 aliphatic rings. The van der Waals surface area contributed by atoms with Gasteiger partial charge in [0.05, 0.1) is 0 Å². The first-order valence-corrected chi connectivity index (χ1v) is 6.90. The fourth-order valence-electron chi connectivity index (χ4n) is 1.77. The molecule has 4 heteroatoms. The average molecular weight is 290 g/mol. The van der Waals surface area contributed by atoms with Gasteiger partial charge in [-0.2, -0.15) is 11.8 Å². The van der Waals surface area contributed by atoms with Gasteiger partial charge >= 0.3 is 0 Å². The first kappa shape index (κ1) is 11.4. The van der Waals surface area contributed by atoms with Crippen LogP contribution < -0.4 is 5.32 Å². The van der Waals surface area contributed by atoms with Crippen LogP contribution in [0.2, 0.25) is 0 Å². The van der Waals surface area contributed by atoms with Crippen LogP contribution in [0.4, 0.5) is 4.39 Å². The maximum absolute atomic E-state index is 13.7.